The minimum Gasteiger partial charge on any atom is -0.310 e. The molecule has 0 fully saturated rings. The third-order valence-corrected chi connectivity index (χ3v) is 23.5. The SMILES string of the molecule is CCC1(CC)c2cc(C=Cc3ccc(-c4ccc(-c5ccccc5)c(C(C)(C)C)c4)cc3)ccc2-c2ccc(N(c3ccccc3)c3cccc(-c4cccc(N(c5ccccc5)c5ccc6c(c5)C(CC)(CC)c5cc(C=Cc7ccc(-c8ccc(-c9ccccc9)cc8C(C)(C)C)cc7)ccc5-6)c4)c3)cc21. The molecule has 0 aliphatic heterocycles. The Morgan fingerprint density at radius 3 is 0.880 bits per heavy atom. The van der Waals surface area contributed by atoms with Crippen LogP contribution in [-0.4, -0.2) is 0 Å². The molecule has 14 aromatic rings. The first-order valence-electron chi connectivity index (χ1n) is 39.0. The molecule has 16 rings (SSSR count). The molecule has 0 radical (unpaired) electrons. The Labute approximate surface area is 641 Å². The third-order valence-electron chi connectivity index (χ3n) is 23.5. The monoisotopic (exact) mass is 1400 g/mol. The van der Waals surface area contributed by atoms with E-state index in [-0.39, 0.29) is 21.7 Å². The van der Waals surface area contributed by atoms with Crippen molar-refractivity contribution in [3.05, 3.63) is 383 Å². The molecule has 0 amide bonds. The molecule has 2 aliphatic rings. The summed E-state index contributed by atoms with van der Waals surface area (Å²) in [6.45, 7) is 23.4. The molecule has 0 heterocycles. The summed E-state index contributed by atoms with van der Waals surface area (Å²) in [5, 5.41) is 0. The van der Waals surface area contributed by atoms with Crippen molar-refractivity contribution in [3.63, 3.8) is 0 Å². The highest BCUT2D eigenvalue weighted by Gasteiger charge is 2.43. The summed E-state index contributed by atoms with van der Waals surface area (Å²) in [4.78, 5) is 4.91. The smallest absolute Gasteiger partial charge is 0.0467 e. The van der Waals surface area contributed by atoms with Gasteiger partial charge in [0.1, 0.15) is 0 Å². The zero-order chi connectivity index (χ0) is 74.3. The van der Waals surface area contributed by atoms with Gasteiger partial charge in [0, 0.05) is 45.0 Å². The molecule has 2 nitrogen and oxygen atoms in total. The number of anilines is 6. The fourth-order valence-corrected chi connectivity index (χ4v) is 17.6. The van der Waals surface area contributed by atoms with Gasteiger partial charge in [-0.3, -0.25) is 0 Å². The second kappa shape index (κ2) is 29.1. The maximum atomic E-state index is 2.50. The van der Waals surface area contributed by atoms with E-state index in [1.54, 1.807) is 0 Å². The van der Waals surface area contributed by atoms with E-state index in [0.29, 0.717) is 0 Å². The highest BCUT2D eigenvalue weighted by atomic mass is 15.1. The molecule has 108 heavy (non-hydrogen) atoms. The van der Waals surface area contributed by atoms with E-state index in [0.717, 1.165) is 70.9 Å². The van der Waals surface area contributed by atoms with Gasteiger partial charge < -0.3 is 9.80 Å². The lowest BCUT2D eigenvalue weighted by atomic mass is 9.73. The van der Waals surface area contributed by atoms with Gasteiger partial charge in [0.25, 0.3) is 0 Å². The van der Waals surface area contributed by atoms with Gasteiger partial charge in [-0.2, -0.15) is 0 Å². The zero-order valence-electron chi connectivity index (χ0n) is 64.2. The molecule has 2 aliphatic carbocycles. The molecule has 0 atom stereocenters. The lowest BCUT2D eigenvalue weighted by Crippen LogP contribution is -2.23. The van der Waals surface area contributed by atoms with E-state index in [1.165, 1.54) is 122 Å². The number of benzene rings is 14. The predicted octanol–water partition coefficient (Wildman–Crippen LogP) is 30.1. The van der Waals surface area contributed by atoms with E-state index in [4.69, 9.17) is 0 Å². The molecule has 0 bridgehead atoms. The van der Waals surface area contributed by atoms with Crippen LogP contribution in [0.1, 0.15) is 151 Å². The van der Waals surface area contributed by atoms with Crippen LogP contribution in [0.2, 0.25) is 0 Å². The number of nitrogens with zero attached hydrogens (tertiary/aromatic N) is 2. The van der Waals surface area contributed by atoms with Crippen molar-refractivity contribution >= 4 is 58.4 Å². The van der Waals surface area contributed by atoms with Crippen LogP contribution in [0, 0.1) is 0 Å². The van der Waals surface area contributed by atoms with E-state index in [9.17, 15) is 0 Å². The van der Waals surface area contributed by atoms with Gasteiger partial charge in [0.15, 0.2) is 0 Å². The van der Waals surface area contributed by atoms with E-state index < -0.39 is 0 Å². The average molecular weight is 1400 g/mol. The van der Waals surface area contributed by atoms with Crippen molar-refractivity contribution in [3.8, 4) is 77.9 Å². The van der Waals surface area contributed by atoms with Gasteiger partial charge in [0.2, 0.25) is 0 Å². The Hall–Kier alpha value is -11.8. The quantitative estimate of drug-likeness (QED) is 0.0745. The standard InChI is InChI=1S/C106H96N2/c1-11-105(12-2)99-65-75(43-41-73-45-51-78(52-46-73)84-56-61-91(79-31-21-16-22-32-79)97(70-84)103(5,6)7)49-59-93(99)95-63-57-89(71-101(95)105)107(85-35-23-17-24-36-85)87-39-27-33-81(67-87)82-34-28-40-88(68-82)108(86-37-25-18-26-38-86)90-58-64-96-94-60-50-76(66-100(94)106(13-3,14-4)102(96)72-90)44-42-74-47-53-80(54-48-74)92-62-55-83(69-98(92)104(8,9)10)77-29-19-15-20-30-77/h15-72H,11-14H2,1-10H3. The van der Waals surface area contributed by atoms with Crippen molar-refractivity contribution in [2.75, 3.05) is 9.80 Å². The Morgan fingerprint density at radius 2 is 0.491 bits per heavy atom. The number of hydrogen-bond acceptors (Lipinski definition) is 2. The fourth-order valence-electron chi connectivity index (χ4n) is 17.6. The van der Waals surface area contributed by atoms with Gasteiger partial charge in [-0.1, -0.05) is 348 Å². The van der Waals surface area contributed by atoms with Gasteiger partial charge in [-0.15, -0.1) is 0 Å². The maximum Gasteiger partial charge on any atom is 0.0467 e. The zero-order valence-corrected chi connectivity index (χ0v) is 64.2. The van der Waals surface area contributed by atoms with E-state index in [2.05, 4.69) is 431 Å². The van der Waals surface area contributed by atoms with Gasteiger partial charge in [-0.05, 0) is 243 Å². The van der Waals surface area contributed by atoms with Crippen LogP contribution in [0.4, 0.5) is 34.1 Å². The van der Waals surface area contributed by atoms with Crippen LogP contribution in [-0.2, 0) is 21.7 Å². The minimum absolute atomic E-state index is 0.00401. The van der Waals surface area contributed by atoms with Crippen LogP contribution >= 0.6 is 0 Å². The molecule has 14 aromatic carbocycles. The molecule has 0 spiro atoms. The maximum absolute atomic E-state index is 2.50. The molecule has 0 N–H and O–H groups in total. The number of rotatable bonds is 19. The highest BCUT2D eigenvalue weighted by Crippen LogP contribution is 2.57. The van der Waals surface area contributed by atoms with Crippen molar-refractivity contribution < 1.29 is 0 Å². The summed E-state index contributed by atoms with van der Waals surface area (Å²) in [6, 6.07) is 122. The molecule has 2 heteroatoms. The summed E-state index contributed by atoms with van der Waals surface area (Å²) in [5.74, 6) is 0. The van der Waals surface area contributed by atoms with Gasteiger partial charge in [0.05, 0.1) is 0 Å². The Kier molecular flexibility index (Phi) is 19.0. The van der Waals surface area contributed by atoms with Crippen molar-refractivity contribution in [1.82, 2.24) is 0 Å². The van der Waals surface area contributed by atoms with Crippen LogP contribution in [0.5, 0.6) is 0 Å². The lowest BCUT2D eigenvalue weighted by Gasteiger charge is -2.32. The number of hydrogen-bond donors (Lipinski definition) is 0. The molecule has 0 saturated heterocycles. The molecular formula is C106H96N2. The first kappa shape index (κ1) is 70.5. The Balaban J connectivity index is 0.667. The molecule has 530 valence electrons. The number of fused-ring (bicyclic) bond motifs is 6. The summed E-state index contributed by atoms with van der Waals surface area (Å²) in [7, 11) is 0. The van der Waals surface area contributed by atoms with Crippen molar-refractivity contribution in [2.24, 2.45) is 0 Å². The summed E-state index contributed by atoms with van der Waals surface area (Å²) < 4.78 is 0. The van der Waals surface area contributed by atoms with Crippen LogP contribution in [0.15, 0.2) is 328 Å². The van der Waals surface area contributed by atoms with E-state index in [1.807, 2.05) is 0 Å². The first-order chi connectivity index (χ1) is 52.5. The fraction of sp³-hybridized carbons (Fsp3) is 0.170. The summed E-state index contributed by atoms with van der Waals surface area (Å²) in [5.41, 5.74) is 37.1. The first-order valence-corrected chi connectivity index (χ1v) is 39.0. The van der Waals surface area contributed by atoms with Crippen molar-refractivity contribution in [2.45, 2.75) is 117 Å². The average Bonchev–Trinajstić information content (AvgIpc) is 1.56. The van der Waals surface area contributed by atoms with Gasteiger partial charge >= 0.3 is 0 Å². The lowest BCUT2D eigenvalue weighted by molar-refractivity contribution is 0.490. The molecule has 0 unspecified atom stereocenters. The normalized spacial score (nSPS) is 13.3. The summed E-state index contributed by atoms with van der Waals surface area (Å²) >= 11 is 0. The largest absolute Gasteiger partial charge is 0.310 e. The second-order valence-corrected chi connectivity index (χ2v) is 31.8. The molecule has 0 saturated carbocycles. The topological polar surface area (TPSA) is 6.48 Å². The predicted molar refractivity (Wildman–Crippen MR) is 465 cm³/mol. The molecule has 0 aromatic heterocycles. The minimum atomic E-state index is -0.160. The third kappa shape index (κ3) is 13.3. The summed E-state index contributed by atoms with van der Waals surface area (Å²) in [6.07, 6.45) is 13.1. The highest BCUT2D eigenvalue weighted by molar-refractivity contribution is 5.91. The van der Waals surface area contributed by atoms with E-state index >= 15 is 0 Å². The number of para-hydroxylation sites is 2. The van der Waals surface area contributed by atoms with Gasteiger partial charge in [-0.25, -0.2) is 0 Å². The van der Waals surface area contributed by atoms with Crippen molar-refractivity contribution in [1.29, 1.82) is 0 Å². The Bertz CT molecular complexity index is 5660. The second-order valence-electron chi connectivity index (χ2n) is 31.8. The Morgan fingerprint density at radius 1 is 0.222 bits per heavy atom. The van der Waals surface area contributed by atoms with Crippen LogP contribution < -0.4 is 9.80 Å². The molecular weight excluding hydrogens is 1300 g/mol. The van der Waals surface area contributed by atoms with Crippen LogP contribution in [0.3, 0.4) is 0 Å². The van der Waals surface area contributed by atoms with Crippen LogP contribution in [0.25, 0.3) is 102 Å².